The highest BCUT2D eigenvalue weighted by molar-refractivity contribution is 6.07. The van der Waals surface area contributed by atoms with Crippen molar-refractivity contribution >= 4 is 22.5 Å². The first-order chi connectivity index (χ1) is 18.6. The van der Waals surface area contributed by atoms with Crippen molar-refractivity contribution in [2.45, 2.75) is 38.6 Å². The molecule has 1 aliphatic rings. The minimum absolute atomic E-state index is 0.253. The van der Waals surface area contributed by atoms with Gasteiger partial charge < -0.3 is 10.1 Å². The molecule has 0 spiro atoms. The normalized spacial score (nSPS) is 13.0. The van der Waals surface area contributed by atoms with Crippen LogP contribution in [-0.4, -0.2) is 37.7 Å². The highest BCUT2D eigenvalue weighted by Gasteiger charge is 2.25. The molecule has 0 radical (unpaired) electrons. The van der Waals surface area contributed by atoms with E-state index in [1.807, 2.05) is 65.5 Å². The smallest absolute Gasteiger partial charge is 0.257 e. The Morgan fingerprint density at radius 3 is 2.61 bits per heavy atom. The topological polar surface area (TPSA) is 94.8 Å². The third kappa shape index (κ3) is 4.61. The summed E-state index contributed by atoms with van der Waals surface area (Å²) in [6, 6.07) is 17.5. The van der Waals surface area contributed by atoms with Gasteiger partial charge in [0.05, 0.1) is 29.6 Å². The van der Waals surface area contributed by atoms with E-state index in [4.69, 9.17) is 9.84 Å². The lowest BCUT2D eigenvalue weighted by molar-refractivity contribution is 0.102. The van der Waals surface area contributed by atoms with Crippen LogP contribution in [0.2, 0.25) is 0 Å². The van der Waals surface area contributed by atoms with Gasteiger partial charge in [-0.05, 0) is 37.5 Å². The summed E-state index contributed by atoms with van der Waals surface area (Å²) < 4.78 is 7.57. The van der Waals surface area contributed by atoms with Gasteiger partial charge in [0, 0.05) is 53.1 Å². The first kappa shape index (κ1) is 23.8. The van der Waals surface area contributed by atoms with Crippen LogP contribution in [0.25, 0.3) is 33.4 Å². The summed E-state index contributed by atoms with van der Waals surface area (Å²) in [4.78, 5) is 26.8. The van der Waals surface area contributed by atoms with Gasteiger partial charge in [-0.15, -0.1) is 0 Å². The molecule has 1 saturated carbocycles. The molecule has 0 saturated heterocycles. The summed E-state index contributed by atoms with van der Waals surface area (Å²) in [7, 11) is 1.58. The fourth-order valence-corrected chi connectivity index (χ4v) is 4.67. The number of benzene rings is 2. The second kappa shape index (κ2) is 10.0. The Morgan fingerprint density at radius 2 is 1.89 bits per heavy atom. The van der Waals surface area contributed by atoms with E-state index in [0.717, 1.165) is 46.6 Å². The average Bonchev–Trinajstić information content (AvgIpc) is 3.73. The minimum atomic E-state index is -0.253. The minimum Gasteiger partial charge on any atom is -0.494 e. The average molecular weight is 505 g/mol. The lowest BCUT2D eigenvalue weighted by atomic mass is 10.0. The maximum absolute atomic E-state index is 13.1. The monoisotopic (exact) mass is 504 g/mol. The summed E-state index contributed by atoms with van der Waals surface area (Å²) in [6.07, 6.45) is 8.52. The van der Waals surface area contributed by atoms with Crippen molar-refractivity contribution in [3.05, 3.63) is 84.6 Å². The van der Waals surface area contributed by atoms with E-state index >= 15 is 0 Å². The number of anilines is 1. The SMILES string of the molecule is CCCn1cc(-c2ncnc3cc(OC)c(NC(=O)c4ccc(C5CC5)nc4)cc23)c(-c2ccccc2)n1. The van der Waals surface area contributed by atoms with Crippen molar-refractivity contribution in [1.82, 2.24) is 24.7 Å². The molecule has 1 aliphatic carbocycles. The standard InChI is InChI=1S/C30H28N6O2/c1-3-13-36-17-23(28(35-36)20-7-5-4-6-8-20)29-22-14-26(27(38-2)15-25(22)32-18-33-29)34-30(37)21-11-12-24(31-16-21)19-9-10-19/h4-8,11-12,14-19H,3,9-10,13H2,1-2H3,(H,34,37). The molecule has 3 aromatic heterocycles. The number of hydrogen-bond acceptors (Lipinski definition) is 6. The third-order valence-corrected chi connectivity index (χ3v) is 6.77. The lowest BCUT2D eigenvalue weighted by Gasteiger charge is -2.13. The van der Waals surface area contributed by atoms with Gasteiger partial charge in [-0.2, -0.15) is 5.10 Å². The van der Waals surface area contributed by atoms with Gasteiger partial charge in [-0.3, -0.25) is 14.5 Å². The number of carbonyl (C=O) groups is 1. The van der Waals surface area contributed by atoms with Crippen LogP contribution in [0, 0.1) is 0 Å². The van der Waals surface area contributed by atoms with Crippen molar-refractivity contribution in [2.24, 2.45) is 0 Å². The van der Waals surface area contributed by atoms with Gasteiger partial charge in [0.25, 0.3) is 5.91 Å². The number of pyridine rings is 1. The van der Waals surface area contributed by atoms with E-state index in [-0.39, 0.29) is 5.91 Å². The molecule has 38 heavy (non-hydrogen) atoms. The van der Waals surface area contributed by atoms with Crippen LogP contribution >= 0.6 is 0 Å². The lowest BCUT2D eigenvalue weighted by Crippen LogP contribution is -2.13. The molecular formula is C30H28N6O2. The number of hydrogen-bond donors (Lipinski definition) is 1. The Morgan fingerprint density at radius 1 is 1.05 bits per heavy atom. The zero-order chi connectivity index (χ0) is 26.1. The van der Waals surface area contributed by atoms with Crippen molar-refractivity contribution < 1.29 is 9.53 Å². The molecule has 1 amide bonds. The number of nitrogens with one attached hydrogen (secondary N) is 1. The summed E-state index contributed by atoms with van der Waals surface area (Å²) in [5.41, 5.74) is 6.29. The van der Waals surface area contributed by atoms with Gasteiger partial charge in [0.15, 0.2) is 0 Å². The van der Waals surface area contributed by atoms with Crippen LogP contribution in [0.5, 0.6) is 5.75 Å². The van der Waals surface area contributed by atoms with Gasteiger partial charge >= 0.3 is 0 Å². The van der Waals surface area contributed by atoms with Crippen LogP contribution in [0.15, 0.2) is 73.3 Å². The molecule has 3 heterocycles. The number of rotatable bonds is 8. The van der Waals surface area contributed by atoms with Crippen LogP contribution in [0.3, 0.4) is 0 Å². The van der Waals surface area contributed by atoms with E-state index in [1.165, 1.54) is 12.8 Å². The van der Waals surface area contributed by atoms with Crippen molar-refractivity contribution in [1.29, 1.82) is 0 Å². The van der Waals surface area contributed by atoms with Crippen LogP contribution in [-0.2, 0) is 6.54 Å². The largest absolute Gasteiger partial charge is 0.494 e. The number of ether oxygens (including phenoxy) is 1. The Labute approximate surface area is 220 Å². The molecule has 0 atom stereocenters. The van der Waals surface area contributed by atoms with E-state index in [0.29, 0.717) is 28.4 Å². The molecule has 8 heteroatoms. The van der Waals surface area contributed by atoms with E-state index in [9.17, 15) is 4.79 Å². The van der Waals surface area contributed by atoms with E-state index < -0.39 is 0 Å². The first-order valence-corrected chi connectivity index (χ1v) is 12.9. The second-order valence-corrected chi connectivity index (χ2v) is 9.51. The summed E-state index contributed by atoms with van der Waals surface area (Å²) in [6.45, 7) is 2.92. The molecule has 1 N–H and O–H groups in total. The molecule has 0 unspecified atom stereocenters. The maximum Gasteiger partial charge on any atom is 0.257 e. The van der Waals surface area contributed by atoms with Gasteiger partial charge in [-0.1, -0.05) is 37.3 Å². The fraction of sp³-hybridized carbons (Fsp3) is 0.233. The molecule has 5 aromatic rings. The number of nitrogens with zero attached hydrogens (tertiary/aromatic N) is 5. The number of aryl methyl sites for hydroxylation is 1. The predicted octanol–water partition coefficient (Wildman–Crippen LogP) is 6.10. The van der Waals surface area contributed by atoms with E-state index in [2.05, 4.69) is 27.2 Å². The van der Waals surface area contributed by atoms with Gasteiger partial charge in [-0.25, -0.2) is 9.97 Å². The molecular weight excluding hydrogens is 476 g/mol. The number of aromatic nitrogens is 5. The van der Waals surface area contributed by atoms with Crippen molar-refractivity contribution in [3.63, 3.8) is 0 Å². The number of carbonyl (C=O) groups excluding carboxylic acids is 1. The zero-order valence-electron chi connectivity index (χ0n) is 21.4. The molecule has 2 aromatic carbocycles. The van der Waals surface area contributed by atoms with E-state index in [1.54, 1.807) is 19.6 Å². The number of methoxy groups -OCH3 is 1. The summed E-state index contributed by atoms with van der Waals surface area (Å²) in [5, 5.41) is 8.67. The number of amides is 1. The molecule has 8 nitrogen and oxygen atoms in total. The fourth-order valence-electron chi connectivity index (χ4n) is 4.67. The predicted molar refractivity (Wildman–Crippen MR) is 147 cm³/mol. The zero-order valence-corrected chi connectivity index (χ0v) is 21.4. The Balaban J connectivity index is 1.42. The molecule has 190 valence electrons. The summed E-state index contributed by atoms with van der Waals surface area (Å²) >= 11 is 0. The Hall–Kier alpha value is -4.59. The van der Waals surface area contributed by atoms with Crippen LogP contribution < -0.4 is 10.1 Å². The Bertz CT molecular complexity index is 1610. The quantitative estimate of drug-likeness (QED) is 0.274. The maximum atomic E-state index is 13.1. The summed E-state index contributed by atoms with van der Waals surface area (Å²) in [5.74, 6) is 0.799. The van der Waals surface area contributed by atoms with Crippen molar-refractivity contribution in [2.75, 3.05) is 12.4 Å². The number of fused-ring (bicyclic) bond motifs is 1. The highest BCUT2D eigenvalue weighted by Crippen LogP contribution is 2.39. The molecule has 1 fully saturated rings. The first-order valence-electron chi connectivity index (χ1n) is 12.9. The molecule has 6 rings (SSSR count). The van der Waals surface area contributed by atoms with Gasteiger partial charge in [0.1, 0.15) is 17.8 Å². The van der Waals surface area contributed by atoms with Gasteiger partial charge in [0.2, 0.25) is 0 Å². The van der Waals surface area contributed by atoms with Crippen LogP contribution in [0.1, 0.15) is 48.2 Å². The highest BCUT2D eigenvalue weighted by atomic mass is 16.5. The van der Waals surface area contributed by atoms with Crippen molar-refractivity contribution in [3.8, 4) is 28.3 Å². The molecule has 0 aliphatic heterocycles. The Kier molecular flexibility index (Phi) is 6.29. The molecule has 0 bridgehead atoms. The third-order valence-electron chi connectivity index (χ3n) is 6.77. The van der Waals surface area contributed by atoms with Crippen LogP contribution in [0.4, 0.5) is 5.69 Å². The second-order valence-electron chi connectivity index (χ2n) is 9.51.